The van der Waals surface area contributed by atoms with E-state index in [9.17, 15) is 17.6 Å². The van der Waals surface area contributed by atoms with Crippen LogP contribution in [0.5, 0.6) is 0 Å². The van der Waals surface area contributed by atoms with Crippen LogP contribution in [0, 0.1) is 17.7 Å². The first-order valence-electron chi connectivity index (χ1n) is 6.11. The maximum atomic E-state index is 13.8. The maximum Gasteiger partial charge on any atom is 0.254 e. The van der Waals surface area contributed by atoms with E-state index in [1.165, 1.54) is 19.1 Å². The van der Waals surface area contributed by atoms with Gasteiger partial charge in [-0.3, -0.25) is 4.79 Å². The molecule has 1 aromatic rings. The molecule has 7 heteroatoms. The largest absolute Gasteiger partial charge is 0.384 e. The number of nitrogens with one attached hydrogen (secondary N) is 1. The lowest BCUT2D eigenvalue weighted by atomic mass is 10.1. The van der Waals surface area contributed by atoms with Crippen LogP contribution >= 0.6 is 0 Å². The molecule has 1 aromatic carbocycles. The number of hydrogen-bond acceptors (Lipinski definition) is 4. The standard InChI is InChI=1S/C14H16FNO4S/c1-10(9-21(2,19)20)16-14(18)12-6-5-11(4-3-7-17)8-13(12)15/h5-6,8,10,17H,7,9H2,1-2H3,(H,16,18). The summed E-state index contributed by atoms with van der Waals surface area (Å²) in [5.41, 5.74) is 0.146. The fraction of sp³-hybridized carbons (Fsp3) is 0.357. The third-order valence-electron chi connectivity index (χ3n) is 2.46. The summed E-state index contributed by atoms with van der Waals surface area (Å²) >= 11 is 0. The summed E-state index contributed by atoms with van der Waals surface area (Å²) in [6, 6.07) is 3.17. The minimum absolute atomic E-state index is 0.190. The van der Waals surface area contributed by atoms with E-state index in [1.54, 1.807) is 0 Å². The van der Waals surface area contributed by atoms with Crippen molar-refractivity contribution >= 4 is 15.7 Å². The van der Waals surface area contributed by atoms with Gasteiger partial charge in [0.1, 0.15) is 22.3 Å². The van der Waals surface area contributed by atoms with Gasteiger partial charge in [-0.05, 0) is 25.1 Å². The van der Waals surface area contributed by atoms with Gasteiger partial charge in [-0.15, -0.1) is 0 Å². The molecule has 0 fully saturated rings. The molecule has 0 aliphatic carbocycles. The molecule has 2 N–H and O–H groups in total. The van der Waals surface area contributed by atoms with Gasteiger partial charge in [-0.1, -0.05) is 11.8 Å². The molecule has 0 spiro atoms. The predicted octanol–water partition coefficient (Wildman–Crippen LogP) is 0.332. The molecule has 114 valence electrons. The van der Waals surface area contributed by atoms with Gasteiger partial charge in [-0.2, -0.15) is 0 Å². The summed E-state index contributed by atoms with van der Waals surface area (Å²) in [6.07, 6.45) is 1.06. The smallest absolute Gasteiger partial charge is 0.254 e. The van der Waals surface area contributed by atoms with Gasteiger partial charge in [0.2, 0.25) is 0 Å². The molecule has 0 bridgehead atoms. The lowest BCUT2D eigenvalue weighted by Crippen LogP contribution is -2.37. The van der Waals surface area contributed by atoms with Crippen LogP contribution < -0.4 is 5.32 Å². The van der Waals surface area contributed by atoms with Crippen LogP contribution in [0.25, 0.3) is 0 Å². The number of sulfone groups is 1. The molecule has 0 heterocycles. The Kier molecular flexibility index (Phi) is 5.88. The monoisotopic (exact) mass is 313 g/mol. The molecule has 0 aliphatic heterocycles. The van der Waals surface area contributed by atoms with E-state index in [0.29, 0.717) is 5.56 Å². The van der Waals surface area contributed by atoms with E-state index in [2.05, 4.69) is 17.2 Å². The second-order valence-corrected chi connectivity index (χ2v) is 6.81. The summed E-state index contributed by atoms with van der Waals surface area (Å²) in [7, 11) is -3.23. The summed E-state index contributed by atoms with van der Waals surface area (Å²) in [5, 5.41) is 11.0. The highest BCUT2D eigenvalue weighted by atomic mass is 32.2. The Bertz CT molecular complexity index is 689. The van der Waals surface area contributed by atoms with E-state index in [1.807, 2.05) is 0 Å². The normalized spacial score (nSPS) is 12.2. The van der Waals surface area contributed by atoms with Gasteiger partial charge in [0.15, 0.2) is 0 Å². The zero-order valence-electron chi connectivity index (χ0n) is 11.7. The Labute approximate surface area is 123 Å². The molecule has 1 atom stereocenters. The van der Waals surface area contributed by atoms with Crippen molar-refractivity contribution in [3.63, 3.8) is 0 Å². The number of aliphatic hydroxyl groups excluding tert-OH is 1. The molecule has 1 rings (SSSR count). The number of aliphatic hydroxyl groups is 1. The average Bonchev–Trinajstić information content (AvgIpc) is 2.33. The van der Waals surface area contributed by atoms with Gasteiger partial charge in [0.25, 0.3) is 5.91 Å². The summed E-state index contributed by atoms with van der Waals surface area (Å²) in [6.45, 7) is 1.19. The van der Waals surface area contributed by atoms with Crippen molar-refractivity contribution in [3.8, 4) is 11.8 Å². The lowest BCUT2D eigenvalue weighted by molar-refractivity contribution is 0.0939. The Morgan fingerprint density at radius 2 is 2.14 bits per heavy atom. The van der Waals surface area contributed by atoms with E-state index < -0.39 is 27.6 Å². The van der Waals surface area contributed by atoms with Crippen molar-refractivity contribution < 1.29 is 22.7 Å². The molecular formula is C14H16FNO4S. The fourth-order valence-electron chi connectivity index (χ4n) is 1.72. The van der Waals surface area contributed by atoms with Gasteiger partial charge < -0.3 is 10.4 Å². The van der Waals surface area contributed by atoms with Crippen molar-refractivity contribution in [1.29, 1.82) is 0 Å². The first-order valence-corrected chi connectivity index (χ1v) is 8.17. The molecular weight excluding hydrogens is 297 g/mol. The Morgan fingerprint density at radius 3 is 2.67 bits per heavy atom. The van der Waals surface area contributed by atoms with E-state index in [-0.39, 0.29) is 17.9 Å². The SMILES string of the molecule is CC(CS(C)(=O)=O)NC(=O)c1ccc(C#CCO)cc1F. The third-order valence-corrected chi connectivity index (χ3v) is 3.56. The zero-order valence-corrected chi connectivity index (χ0v) is 12.5. The van der Waals surface area contributed by atoms with E-state index in [4.69, 9.17) is 5.11 Å². The summed E-state index contributed by atoms with van der Waals surface area (Å²) in [5.74, 6) is 3.22. The van der Waals surface area contributed by atoms with Crippen molar-refractivity contribution in [2.45, 2.75) is 13.0 Å². The minimum Gasteiger partial charge on any atom is -0.384 e. The van der Waals surface area contributed by atoms with Crippen molar-refractivity contribution in [3.05, 3.63) is 35.1 Å². The molecule has 0 aliphatic rings. The third kappa shape index (κ3) is 5.94. The average molecular weight is 313 g/mol. The van der Waals surface area contributed by atoms with Crippen molar-refractivity contribution in [2.24, 2.45) is 0 Å². The highest BCUT2D eigenvalue weighted by Crippen LogP contribution is 2.10. The molecule has 0 saturated carbocycles. The Balaban J connectivity index is 2.84. The molecule has 0 saturated heterocycles. The summed E-state index contributed by atoms with van der Waals surface area (Å²) < 4.78 is 36.0. The van der Waals surface area contributed by atoms with Crippen LogP contribution in [0.4, 0.5) is 4.39 Å². The first-order chi connectivity index (χ1) is 9.73. The zero-order chi connectivity index (χ0) is 16.0. The van der Waals surface area contributed by atoms with Crippen LogP contribution in [-0.4, -0.2) is 44.1 Å². The molecule has 5 nitrogen and oxygen atoms in total. The molecule has 1 amide bonds. The number of halogens is 1. The molecule has 1 unspecified atom stereocenters. The van der Waals surface area contributed by atoms with Crippen molar-refractivity contribution in [1.82, 2.24) is 5.32 Å². The Morgan fingerprint density at radius 1 is 1.48 bits per heavy atom. The Hall–Kier alpha value is -1.91. The maximum absolute atomic E-state index is 13.8. The highest BCUT2D eigenvalue weighted by molar-refractivity contribution is 7.90. The van der Waals surface area contributed by atoms with Crippen LogP contribution in [0.1, 0.15) is 22.8 Å². The summed E-state index contributed by atoms with van der Waals surface area (Å²) in [4.78, 5) is 11.9. The second kappa shape index (κ2) is 7.20. The highest BCUT2D eigenvalue weighted by Gasteiger charge is 2.17. The van der Waals surface area contributed by atoms with Gasteiger partial charge in [0, 0.05) is 17.9 Å². The van der Waals surface area contributed by atoms with E-state index in [0.717, 1.165) is 12.3 Å². The van der Waals surface area contributed by atoms with Gasteiger partial charge >= 0.3 is 0 Å². The molecule has 0 radical (unpaired) electrons. The fourth-order valence-corrected chi connectivity index (χ4v) is 2.71. The lowest BCUT2D eigenvalue weighted by Gasteiger charge is -2.13. The van der Waals surface area contributed by atoms with Crippen LogP contribution in [0.2, 0.25) is 0 Å². The van der Waals surface area contributed by atoms with Gasteiger partial charge in [0.05, 0.1) is 11.3 Å². The van der Waals surface area contributed by atoms with Crippen LogP contribution in [0.3, 0.4) is 0 Å². The van der Waals surface area contributed by atoms with Gasteiger partial charge in [-0.25, -0.2) is 12.8 Å². The quantitative estimate of drug-likeness (QED) is 0.785. The number of rotatable bonds is 4. The number of benzene rings is 1. The number of hydrogen-bond donors (Lipinski definition) is 2. The molecule has 21 heavy (non-hydrogen) atoms. The predicted molar refractivity (Wildman–Crippen MR) is 77.0 cm³/mol. The molecule has 0 aromatic heterocycles. The van der Waals surface area contributed by atoms with Crippen LogP contribution in [0.15, 0.2) is 18.2 Å². The minimum atomic E-state index is -3.23. The van der Waals surface area contributed by atoms with Crippen LogP contribution in [-0.2, 0) is 9.84 Å². The number of carbonyl (C=O) groups is 1. The van der Waals surface area contributed by atoms with Crippen molar-refractivity contribution in [2.75, 3.05) is 18.6 Å². The number of amides is 1. The topological polar surface area (TPSA) is 83.5 Å². The first kappa shape index (κ1) is 17.1. The second-order valence-electron chi connectivity index (χ2n) is 4.62. The van der Waals surface area contributed by atoms with E-state index >= 15 is 0 Å². The number of carbonyl (C=O) groups excluding carboxylic acids is 1.